The molecule has 0 aliphatic carbocycles. The molecule has 2 N–H and O–H groups in total. The number of rotatable bonds is 5. The summed E-state index contributed by atoms with van der Waals surface area (Å²) in [4.78, 5) is 27.0. The van der Waals surface area contributed by atoms with Gasteiger partial charge in [0, 0.05) is 0 Å². The molecule has 1 aromatic heterocycles. The molecule has 0 aliphatic heterocycles. The van der Waals surface area contributed by atoms with Gasteiger partial charge in [-0.05, 0) is 20.8 Å². The molecular formula is C13H21N3O5. The van der Waals surface area contributed by atoms with Gasteiger partial charge in [0.25, 0.3) is 0 Å². The van der Waals surface area contributed by atoms with Crippen molar-refractivity contribution < 1.29 is 24.2 Å². The predicted octanol–water partition coefficient (Wildman–Crippen LogP) is 0.614. The Morgan fingerprint density at radius 1 is 1.48 bits per heavy atom. The lowest BCUT2D eigenvalue weighted by Crippen LogP contribution is -2.37. The highest BCUT2D eigenvalue weighted by atomic mass is 16.6. The Kier molecular flexibility index (Phi) is 5.71. The van der Waals surface area contributed by atoms with E-state index in [0.29, 0.717) is 5.69 Å². The van der Waals surface area contributed by atoms with Crippen molar-refractivity contribution in [2.24, 2.45) is 0 Å². The van der Waals surface area contributed by atoms with Crippen LogP contribution in [0.2, 0.25) is 0 Å². The van der Waals surface area contributed by atoms with Crippen molar-refractivity contribution in [1.29, 1.82) is 0 Å². The van der Waals surface area contributed by atoms with Crippen LogP contribution in [0.5, 0.6) is 0 Å². The largest absolute Gasteiger partial charge is 0.468 e. The van der Waals surface area contributed by atoms with Gasteiger partial charge >= 0.3 is 12.1 Å². The number of nitrogens with one attached hydrogen (secondary N) is 1. The monoisotopic (exact) mass is 299 g/mol. The molecule has 0 spiro atoms. The van der Waals surface area contributed by atoms with Crippen LogP contribution in [0.3, 0.4) is 0 Å². The van der Waals surface area contributed by atoms with Crippen molar-refractivity contribution in [2.45, 2.75) is 39.0 Å². The molecule has 1 rings (SSSR count). The van der Waals surface area contributed by atoms with Crippen molar-refractivity contribution in [3.05, 3.63) is 18.2 Å². The summed E-state index contributed by atoms with van der Waals surface area (Å²) in [6.07, 6.45) is 2.22. The van der Waals surface area contributed by atoms with Crippen molar-refractivity contribution in [3.8, 4) is 0 Å². The lowest BCUT2D eigenvalue weighted by Gasteiger charge is -2.23. The van der Waals surface area contributed by atoms with Crippen molar-refractivity contribution >= 4 is 12.1 Å². The molecule has 0 radical (unpaired) electrons. The van der Waals surface area contributed by atoms with Crippen LogP contribution in [0.15, 0.2) is 12.5 Å². The maximum absolute atomic E-state index is 11.7. The highest BCUT2D eigenvalue weighted by Gasteiger charge is 2.22. The van der Waals surface area contributed by atoms with E-state index in [0.717, 1.165) is 0 Å². The van der Waals surface area contributed by atoms with E-state index in [-0.39, 0.29) is 13.2 Å². The van der Waals surface area contributed by atoms with Gasteiger partial charge < -0.3 is 24.5 Å². The Morgan fingerprint density at radius 3 is 2.67 bits per heavy atom. The van der Waals surface area contributed by atoms with Gasteiger partial charge in [0.1, 0.15) is 12.1 Å². The summed E-state index contributed by atoms with van der Waals surface area (Å²) in [6, 6.07) is -0.730. The van der Waals surface area contributed by atoms with E-state index in [1.807, 2.05) is 0 Å². The van der Waals surface area contributed by atoms with E-state index in [1.165, 1.54) is 24.2 Å². The van der Waals surface area contributed by atoms with Gasteiger partial charge in [0.15, 0.2) is 0 Å². The first-order chi connectivity index (χ1) is 9.76. The van der Waals surface area contributed by atoms with Crippen LogP contribution in [-0.4, -0.2) is 46.0 Å². The minimum atomic E-state index is -0.730. The molecule has 8 heteroatoms. The number of aromatic nitrogens is 2. The molecule has 1 amide bonds. The third-order valence-corrected chi connectivity index (χ3v) is 2.50. The lowest BCUT2D eigenvalue weighted by atomic mass is 10.2. The fourth-order valence-corrected chi connectivity index (χ4v) is 1.62. The fraction of sp³-hybridized carbons (Fsp3) is 0.615. The second-order valence-electron chi connectivity index (χ2n) is 5.40. The number of hydrogen-bond donors (Lipinski definition) is 2. The second-order valence-corrected chi connectivity index (χ2v) is 5.40. The lowest BCUT2D eigenvalue weighted by molar-refractivity contribution is -0.141. The van der Waals surface area contributed by atoms with Crippen LogP contribution < -0.4 is 5.32 Å². The van der Waals surface area contributed by atoms with Crippen LogP contribution in [-0.2, 0) is 20.8 Å². The number of aliphatic hydroxyl groups excluding tert-OH is 1. The van der Waals surface area contributed by atoms with Crippen LogP contribution >= 0.6 is 0 Å². The molecule has 1 atom stereocenters. The zero-order valence-electron chi connectivity index (χ0n) is 12.6. The summed E-state index contributed by atoms with van der Waals surface area (Å²) in [6.45, 7) is 4.80. The first-order valence-electron chi connectivity index (χ1n) is 6.44. The van der Waals surface area contributed by atoms with E-state index in [2.05, 4.69) is 15.0 Å². The number of imidazole rings is 1. The number of hydrogen-bond acceptors (Lipinski definition) is 6. The highest BCUT2D eigenvalue weighted by molar-refractivity contribution is 5.69. The quantitative estimate of drug-likeness (QED) is 0.772. The maximum Gasteiger partial charge on any atom is 0.408 e. The zero-order valence-corrected chi connectivity index (χ0v) is 12.6. The molecule has 21 heavy (non-hydrogen) atoms. The van der Waals surface area contributed by atoms with Gasteiger partial charge in [-0.3, -0.25) is 4.79 Å². The molecule has 0 fully saturated rings. The van der Waals surface area contributed by atoms with Gasteiger partial charge in [0.05, 0.1) is 38.0 Å². The van der Waals surface area contributed by atoms with E-state index < -0.39 is 23.7 Å². The number of carbonyl (C=O) groups excluding carboxylic acids is 2. The first-order valence-corrected chi connectivity index (χ1v) is 6.44. The smallest absolute Gasteiger partial charge is 0.408 e. The number of carbonyl (C=O) groups is 2. The molecule has 0 saturated carbocycles. The Hall–Kier alpha value is -2.09. The van der Waals surface area contributed by atoms with Gasteiger partial charge in [-0.25, -0.2) is 9.78 Å². The molecule has 0 saturated heterocycles. The van der Waals surface area contributed by atoms with Crippen molar-refractivity contribution in [1.82, 2.24) is 14.9 Å². The van der Waals surface area contributed by atoms with Gasteiger partial charge in [-0.15, -0.1) is 0 Å². The number of nitrogens with zero attached hydrogens (tertiary/aromatic N) is 2. The summed E-state index contributed by atoms with van der Waals surface area (Å²) >= 11 is 0. The molecule has 1 aromatic rings. The van der Waals surface area contributed by atoms with E-state index >= 15 is 0 Å². The average molecular weight is 299 g/mol. The molecule has 1 unspecified atom stereocenters. The SMILES string of the molecule is COC(=O)Cn1cncc1C(CO)NC(=O)OC(C)(C)C. The van der Waals surface area contributed by atoms with E-state index in [4.69, 9.17) is 4.74 Å². The van der Waals surface area contributed by atoms with Gasteiger partial charge in [-0.1, -0.05) is 0 Å². The predicted molar refractivity (Wildman–Crippen MR) is 73.4 cm³/mol. The molecular weight excluding hydrogens is 278 g/mol. The van der Waals surface area contributed by atoms with E-state index in [1.54, 1.807) is 20.8 Å². The Bertz CT molecular complexity index is 492. The van der Waals surface area contributed by atoms with Gasteiger partial charge in [0.2, 0.25) is 0 Å². The standard InChI is InChI=1S/C13H21N3O5/c1-13(2,3)21-12(19)15-9(7-17)10-5-14-8-16(10)6-11(18)20-4/h5,8-9,17H,6-7H2,1-4H3,(H,15,19). The maximum atomic E-state index is 11.7. The summed E-state index contributed by atoms with van der Waals surface area (Å²) in [5.74, 6) is -0.455. The minimum absolute atomic E-state index is 0.0572. The zero-order chi connectivity index (χ0) is 16.0. The third-order valence-electron chi connectivity index (χ3n) is 2.50. The first kappa shape index (κ1) is 17.0. The van der Waals surface area contributed by atoms with E-state index in [9.17, 15) is 14.7 Å². The third kappa shape index (κ3) is 5.42. The normalized spacial score (nSPS) is 12.6. The van der Waals surface area contributed by atoms with Crippen LogP contribution in [0.4, 0.5) is 4.79 Å². The minimum Gasteiger partial charge on any atom is -0.468 e. The fourth-order valence-electron chi connectivity index (χ4n) is 1.62. The van der Waals surface area contributed by atoms with Crippen LogP contribution in [0.1, 0.15) is 32.5 Å². The summed E-state index contributed by atoms with van der Waals surface area (Å²) in [5.41, 5.74) is -0.162. The molecule has 0 bridgehead atoms. The number of methoxy groups -OCH3 is 1. The summed E-state index contributed by atoms with van der Waals surface area (Å²) < 4.78 is 11.2. The number of aliphatic hydroxyl groups is 1. The Labute approximate surface area is 123 Å². The highest BCUT2D eigenvalue weighted by Crippen LogP contribution is 2.14. The average Bonchev–Trinajstić information content (AvgIpc) is 2.81. The Balaban J connectivity index is 2.79. The van der Waals surface area contributed by atoms with Crippen LogP contribution in [0.25, 0.3) is 0 Å². The number of ether oxygens (including phenoxy) is 2. The van der Waals surface area contributed by atoms with Gasteiger partial charge in [-0.2, -0.15) is 0 Å². The second kappa shape index (κ2) is 7.07. The summed E-state index contributed by atoms with van der Waals surface area (Å²) in [5, 5.41) is 12.0. The van der Waals surface area contributed by atoms with Crippen LogP contribution in [0, 0.1) is 0 Å². The number of amides is 1. The molecule has 118 valence electrons. The number of esters is 1. The molecule has 8 nitrogen and oxygen atoms in total. The van der Waals surface area contributed by atoms with Crippen molar-refractivity contribution in [3.63, 3.8) is 0 Å². The molecule has 0 aliphatic rings. The number of alkyl carbamates (subject to hydrolysis) is 1. The molecule has 0 aromatic carbocycles. The Morgan fingerprint density at radius 2 is 2.14 bits per heavy atom. The molecule has 1 heterocycles. The van der Waals surface area contributed by atoms with Crippen molar-refractivity contribution in [2.75, 3.05) is 13.7 Å². The topological polar surface area (TPSA) is 103 Å². The summed E-state index contributed by atoms with van der Waals surface area (Å²) in [7, 11) is 1.28.